The molecule has 1 N–H and O–H groups in total. The van der Waals surface area contributed by atoms with E-state index in [9.17, 15) is 26.4 Å². The van der Waals surface area contributed by atoms with Gasteiger partial charge in [-0.3, -0.25) is 14.7 Å². The number of benzene rings is 2. The van der Waals surface area contributed by atoms with E-state index in [0.717, 1.165) is 55.1 Å². The van der Waals surface area contributed by atoms with Gasteiger partial charge in [-0.2, -0.15) is 13.2 Å². The van der Waals surface area contributed by atoms with Crippen molar-refractivity contribution in [1.82, 2.24) is 14.6 Å². The van der Waals surface area contributed by atoms with Crippen LogP contribution in [0.2, 0.25) is 0 Å². The molecule has 1 fully saturated rings. The molecule has 1 amide bonds. The summed E-state index contributed by atoms with van der Waals surface area (Å²) in [6.07, 6.45) is -2.79. The standard InChI is InChI=1S/C30H31F3N4O4S/c1-2-41-28-19-23(20-34-21-28)7-8-24-5-3-4-6-26(24)22-36-14-16-37(17-15-36)27-11-9-25(10-12-27)29(38)35-42(39,40)18-13-30(31,32)33/h3-6,9-12,19-21H,2,13-18,22H2,1H3,(H,35,38). The normalized spacial score (nSPS) is 14.1. The Morgan fingerprint density at radius 1 is 1.02 bits per heavy atom. The van der Waals surface area contributed by atoms with Crippen LogP contribution in [0.1, 0.15) is 40.4 Å². The highest BCUT2D eigenvalue weighted by molar-refractivity contribution is 7.90. The molecule has 0 aliphatic carbocycles. The molecule has 0 unspecified atom stereocenters. The van der Waals surface area contributed by atoms with Crippen LogP contribution in [0.5, 0.6) is 5.75 Å². The average molecular weight is 601 g/mol. The van der Waals surface area contributed by atoms with Gasteiger partial charge in [0.15, 0.2) is 0 Å². The van der Waals surface area contributed by atoms with Crippen molar-refractivity contribution in [3.05, 3.63) is 89.2 Å². The second kappa shape index (κ2) is 13.7. The fourth-order valence-electron chi connectivity index (χ4n) is 4.38. The van der Waals surface area contributed by atoms with Crippen molar-refractivity contribution in [3.8, 4) is 17.6 Å². The first kappa shape index (κ1) is 30.9. The summed E-state index contributed by atoms with van der Waals surface area (Å²) in [5.74, 6) is 4.95. The van der Waals surface area contributed by atoms with Gasteiger partial charge in [0.25, 0.3) is 5.91 Å². The smallest absolute Gasteiger partial charge is 0.390 e. The molecule has 1 aromatic heterocycles. The van der Waals surface area contributed by atoms with Crippen LogP contribution in [0.15, 0.2) is 67.0 Å². The minimum Gasteiger partial charge on any atom is -0.492 e. The molecular weight excluding hydrogens is 569 g/mol. The van der Waals surface area contributed by atoms with Gasteiger partial charge in [0.1, 0.15) is 5.75 Å². The van der Waals surface area contributed by atoms with E-state index in [2.05, 4.69) is 32.7 Å². The third kappa shape index (κ3) is 9.22. The molecule has 2 aromatic carbocycles. The minimum absolute atomic E-state index is 0.0473. The first-order valence-electron chi connectivity index (χ1n) is 13.4. The Labute approximate surface area is 243 Å². The summed E-state index contributed by atoms with van der Waals surface area (Å²) >= 11 is 0. The minimum atomic E-state index is -4.63. The Morgan fingerprint density at radius 2 is 1.74 bits per heavy atom. The van der Waals surface area contributed by atoms with Crippen LogP contribution >= 0.6 is 0 Å². The number of nitrogens with one attached hydrogen (secondary N) is 1. The topological polar surface area (TPSA) is 91.8 Å². The van der Waals surface area contributed by atoms with Gasteiger partial charge in [-0.05, 0) is 48.9 Å². The van der Waals surface area contributed by atoms with Crippen LogP contribution in [-0.2, 0) is 16.6 Å². The molecule has 1 saturated heterocycles. The molecule has 0 spiro atoms. The van der Waals surface area contributed by atoms with Gasteiger partial charge in [-0.25, -0.2) is 13.1 Å². The maximum atomic E-state index is 12.3. The zero-order valence-corrected chi connectivity index (χ0v) is 23.8. The molecule has 0 atom stereocenters. The van der Waals surface area contributed by atoms with Crippen LogP contribution in [0.25, 0.3) is 0 Å². The number of hydrogen-bond acceptors (Lipinski definition) is 7. The molecule has 0 saturated carbocycles. The number of carbonyl (C=O) groups excluding carboxylic acids is 1. The van der Waals surface area contributed by atoms with Crippen molar-refractivity contribution in [2.24, 2.45) is 0 Å². The SMILES string of the molecule is CCOc1cncc(C#Cc2ccccc2CN2CCN(c3ccc(C(=O)NS(=O)(=O)CCC(F)(F)F)cc3)CC2)c1. The molecule has 0 radical (unpaired) electrons. The number of alkyl halides is 3. The highest BCUT2D eigenvalue weighted by Crippen LogP contribution is 2.21. The van der Waals surface area contributed by atoms with Crippen molar-refractivity contribution >= 4 is 21.6 Å². The Bertz CT molecular complexity index is 1540. The number of carbonyl (C=O) groups is 1. The predicted octanol–water partition coefficient (Wildman–Crippen LogP) is 4.21. The molecule has 2 heterocycles. The lowest BCUT2D eigenvalue weighted by Crippen LogP contribution is -2.46. The van der Waals surface area contributed by atoms with E-state index in [4.69, 9.17) is 4.74 Å². The predicted molar refractivity (Wildman–Crippen MR) is 154 cm³/mol. The lowest BCUT2D eigenvalue weighted by Gasteiger charge is -2.36. The number of halogens is 3. The van der Waals surface area contributed by atoms with Crippen molar-refractivity contribution in [2.45, 2.75) is 26.1 Å². The Balaban J connectivity index is 1.32. The number of anilines is 1. The zero-order valence-electron chi connectivity index (χ0n) is 23.0. The highest BCUT2D eigenvalue weighted by Gasteiger charge is 2.30. The number of hydrogen-bond donors (Lipinski definition) is 1. The van der Waals surface area contributed by atoms with Crippen molar-refractivity contribution < 1.29 is 31.1 Å². The van der Waals surface area contributed by atoms with Crippen molar-refractivity contribution in [1.29, 1.82) is 0 Å². The molecular formula is C30H31F3N4O4S. The van der Waals surface area contributed by atoms with E-state index < -0.39 is 34.3 Å². The number of sulfonamides is 1. The second-order valence-corrected chi connectivity index (χ2v) is 11.5. The van der Waals surface area contributed by atoms with E-state index >= 15 is 0 Å². The van der Waals surface area contributed by atoms with E-state index in [-0.39, 0.29) is 5.56 Å². The van der Waals surface area contributed by atoms with E-state index in [1.54, 1.807) is 29.2 Å². The van der Waals surface area contributed by atoms with Crippen LogP contribution in [0.4, 0.5) is 18.9 Å². The van der Waals surface area contributed by atoms with Gasteiger partial charge in [0.2, 0.25) is 10.0 Å². The summed E-state index contributed by atoms with van der Waals surface area (Å²) in [6, 6.07) is 16.2. The largest absolute Gasteiger partial charge is 0.492 e. The van der Waals surface area contributed by atoms with Gasteiger partial charge in [0.05, 0.1) is 25.0 Å². The molecule has 12 heteroatoms. The van der Waals surface area contributed by atoms with Gasteiger partial charge < -0.3 is 9.64 Å². The number of nitrogens with zero attached hydrogens (tertiary/aromatic N) is 3. The number of aromatic nitrogens is 1. The van der Waals surface area contributed by atoms with Crippen LogP contribution < -0.4 is 14.4 Å². The van der Waals surface area contributed by atoms with E-state index in [0.29, 0.717) is 12.4 Å². The maximum Gasteiger partial charge on any atom is 0.390 e. The number of amides is 1. The molecule has 3 aromatic rings. The molecule has 222 valence electrons. The lowest BCUT2D eigenvalue weighted by molar-refractivity contribution is -0.130. The van der Waals surface area contributed by atoms with Gasteiger partial charge in [-0.1, -0.05) is 30.0 Å². The zero-order chi connectivity index (χ0) is 30.2. The fourth-order valence-corrected chi connectivity index (χ4v) is 5.38. The maximum absolute atomic E-state index is 12.3. The quantitative estimate of drug-likeness (QED) is 0.368. The summed E-state index contributed by atoms with van der Waals surface area (Å²) in [5, 5.41) is 0. The number of pyridine rings is 1. The van der Waals surface area contributed by atoms with Crippen LogP contribution in [-0.4, -0.2) is 68.9 Å². The summed E-state index contributed by atoms with van der Waals surface area (Å²) in [6.45, 7) is 6.27. The van der Waals surface area contributed by atoms with Gasteiger partial charge in [0, 0.05) is 61.3 Å². The molecule has 0 bridgehead atoms. The Morgan fingerprint density at radius 3 is 2.43 bits per heavy atom. The van der Waals surface area contributed by atoms with E-state index in [1.807, 2.05) is 31.2 Å². The molecule has 8 nitrogen and oxygen atoms in total. The molecule has 4 rings (SSSR count). The fraction of sp³-hybridized carbons (Fsp3) is 0.333. The first-order chi connectivity index (χ1) is 20.0. The number of rotatable bonds is 9. The summed E-state index contributed by atoms with van der Waals surface area (Å²) in [7, 11) is -4.40. The van der Waals surface area contributed by atoms with Gasteiger partial charge in [-0.15, -0.1) is 0 Å². The molecule has 1 aliphatic rings. The second-order valence-electron chi connectivity index (χ2n) is 9.67. The summed E-state index contributed by atoms with van der Waals surface area (Å²) in [5.41, 5.74) is 3.74. The average Bonchev–Trinajstić information content (AvgIpc) is 2.96. The molecule has 42 heavy (non-hydrogen) atoms. The molecule has 1 aliphatic heterocycles. The lowest BCUT2D eigenvalue weighted by atomic mass is 10.1. The third-order valence-corrected chi connectivity index (χ3v) is 7.78. The van der Waals surface area contributed by atoms with E-state index in [1.165, 1.54) is 12.1 Å². The first-order valence-corrected chi connectivity index (χ1v) is 15.0. The third-order valence-electron chi connectivity index (χ3n) is 6.55. The number of piperazine rings is 1. The highest BCUT2D eigenvalue weighted by atomic mass is 32.2. The Hall–Kier alpha value is -4.08. The van der Waals surface area contributed by atoms with Crippen LogP contribution in [0.3, 0.4) is 0 Å². The van der Waals surface area contributed by atoms with Crippen molar-refractivity contribution in [3.63, 3.8) is 0 Å². The van der Waals surface area contributed by atoms with Crippen molar-refractivity contribution in [2.75, 3.05) is 43.4 Å². The summed E-state index contributed by atoms with van der Waals surface area (Å²) < 4.78 is 67.9. The monoisotopic (exact) mass is 600 g/mol. The summed E-state index contributed by atoms with van der Waals surface area (Å²) in [4.78, 5) is 21.0. The van der Waals surface area contributed by atoms with Gasteiger partial charge >= 0.3 is 6.18 Å². The number of ether oxygens (including phenoxy) is 1. The Kier molecular flexibility index (Phi) is 10.1. The van der Waals surface area contributed by atoms with Crippen LogP contribution in [0, 0.1) is 11.8 Å².